The minimum atomic E-state index is -0.253. The second-order valence-corrected chi connectivity index (χ2v) is 9.59. The Morgan fingerprint density at radius 2 is 2.09 bits per heavy atom. The molecule has 3 unspecified atom stereocenters. The minimum absolute atomic E-state index is 0.00216. The van der Waals surface area contributed by atoms with Gasteiger partial charge in [-0.1, -0.05) is 36.4 Å². The smallest absolute Gasteiger partial charge is 0.217 e. The second-order valence-electron chi connectivity index (χ2n) is 9.59. The fourth-order valence-electron chi connectivity index (χ4n) is 6.06. The molecule has 0 spiro atoms. The van der Waals surface area contributed by atoms with Gasteiger partial charge in [-0.3, -0.25) is 4.79 Å². The van der Waals surface area contributed by atoms with Gasteiger partial charge in [0.15, 0.2) is 5.82 Å². The molecule has 3 heterocycles. The van der Waals surface area contributed by atoms with Crippen LogP contribution < -0.4 is 10.6 Å². The van der Waals surface area contributed by atoms with Gasteiger partial charge in [0.25, 0.3) is 0 Å². The van der Waals surface area contributed by atoms with Crippen LogP contribution in [0.4, 0.5) is 4.39 Å². The summed E-state index contributed by atoms with van der Waals surface area (Å²) in [5.41, 5.74) is 2.55. The van der Waals surface area contributed by atoms with Crippen molar-refractivity contribution < 1.29 is 9.18 Å². The molecule has 2 saturated heterocycles. The Bertz CT molecular complexity index is 1130. The number of para-hydroxylation sites is 1. The van der Waals surface area contributed by atoms with Gasteiger partial charge in [-0.25, -0.2) is 9.37 Å². The Morgan fingerprint density at radius 1 is 1.28 bits per heavy atom. The Labute approximate surface area is 188 Å². The van der Waals surface area contributed by atoms with Crippen molar-refractivity contribution in [2.24, 2.45) is 0 Å². The number of piperidine rings is 1. The zero-order chi connectivity index (χ0) is 22.3. The number of halogens is 1. The molecule has 168 valence electrons. The van der Waals surface area contributed by atoms with Crippen LogP contribution in [0.15, 0.2) is 48.5 Å². The molecule has 2 fully saturated rings. The van der Waals surface area contributed by atoms with E-state index in [0.717, 1.165) is 55.4 Å². The predicted molar refractivity (Wildman–Crippen MR) is 124 cm³/mol. The molecular formula is C26H31FN4O. The third-order valence-corrected chi connectivity index (χ3v) is 7.37. The summed E-state index contributed by atoms with van der Waals surface area (Å²) in [5, 5.41) is 7.06. The number of rotatable bonds is 6. The molecule has 1 aromatic heterocycles. The molecule has 5 rings (SSSR count). The normalized spacial score (nSPS) is 25.7. The molecule has 3 aromatic rings. The van der Waals surface area contributed by atoms with Gasteiger partial charge in [0.2, 0.25) is 5.91 Å². The van der Waals surface area contributed by atoms with Crippen LogP contribution in [0.3, 0.4) is 0 Å². The van der Waals surface area contributed by atoms with Crippen LogP contribution >= 0.6 is 0 Å². The Hall–Kier alpha value is -2.73. The van der Waals surface area contributed by atoms with Crippen molar-refractivity contribution in [3.8, 4) is 0 Å². The summed E-state index contributed by atoms with van der Waals surface area (Å²) in [6.45, 7) is 3.57. The van der Waals surface area contributed by atoms with Gasteiger partial charge in [0.05, 0.1) is 11.6 Å². The average molecular weight is 435 g/mol. The van der Waals surface area contributed by atoms with Crippen LogP contribution in [0.5, 0.6) is 0 Å². The van der Waals surface area contributed by atoms with Crippen molar-refractivity contribution in [3.05, 3.63) is 65.7 Å². The zero-order valence-corrected chi connectivity index (χ0v) is 18.8. The molecule has 0 aliphatic carbocycles. The highest BCUT2D eigenvalue weighted by Gasteiger charge is 2.46. The van der Waals surface area contributed by atoms with Crippen molar-refractivity contribution in [1.82, 2.24) is 20.2 Å². The first-order valence-electron chi connectivity index (χ1n) is 11.7. The maximum Gasteiger partial charge on any atom is 0.217 e. The summed E-state index contributed by atoms with van der Waals surface area (Å²) in [4.78, 5) is 16.4. The van der Waals surface area contributed by atoms with E-state index in [4.69, 9.17) is 0 Å². The number of benzene rings is 2. The molecule has 2 aromatic carbocycles. The van der Waals surface area contributed by atoms with Crippen LogP contribution in [0.1, 0.15) is 68.9 Å². The number of hydrogen-bond acceptors (Lipinski definition) is 3. The first kappa shape index (κ1) is 21.1. The summed E-state index contributed by atoms with van der Waals surface area (Å²) < 4.78 is 16.6. The van der Waals surface area contributed by atoms with E-state index in [-0.39, 0.29) is 23.3 Å². The second kappa shape index (κ2) is 8.32. The number of fused-ring (bicyclic) bond motifs is 3. The van der Waals surface area contributed by atoms with Crippen molar-refractivity contribution in [3.63, 3.8) is 0 Å². The molecule has 2 aliphatic heterocycles. The molecule has 2 bridgehead atoms. The Kier molecular flexibility index (Phi) is 5.49. The molecule has 4 atom stereocenters. The molecule has 2 aliphatic rings. The van der Waals surface area contributed by atoms with Crippen molar-refractivity contribution in [1.29, 1.82) is 0 Å². The Balaban J connectivity index is 1.39. The number of imidazole rings is 1. The molecule has 5 nitrogen and oxygen atoms in total. The number of aromatic nitrogens is 2. The predicted octanol–water partition coefficient (Wildman–Crippen LogP) is 4.97. The van der Waals surface area contributed by atoms with E-state index in [2.05, 4.69) is 32.3 Å². The molecular weight excluding hydrogens is 403 g/mol. The number of amides is 1. The van der Waals surface area contributed by atoms with Crippen LogP contribution in [-0.4, -0.2) is 27.0 Å². The van der Waals surface area contributed by atoms with E-state index in [9.17, 15) is 9.18 Å². The number of carbonyl (C=O) groups is 1. The maximum atomic E-state index is 14.3. The van der Waals surface area contributed by atoms with Gasteiger partial charge in [0.1, 0.15) is 11.3 Å². The fraction of sp³-hybridized carbons (Fsp3) is 0.462. The topological polar surface area (TPSA) is 59.0 Å². The van der Waals surface area contributed by atoms with E-state index >= 15 is 0 Å². The standard InChI is InChI=1S/C26H31FN4O/c1-17-28-25-22(27)9-6-10-24(25)31(17)21-15-20-11-13-26(16-21,30-20)14-12-23(29-18(2)32)19-7-4-3-5-8-19/h3-10,20-21,23,30H,11-16H2,1-2H3,(H,29,32)/t20?,21?,23-,26?/m0/s1. The van der Waals surface area contributed by atoms with Gasteiger partial charge in [-0.2, -0.15) is 0 Å². The molecule has 0 radical (unpaired) electrons. The first-order chi connectivity index (χ1) is 15.4. The number of hydrogen-bond donors (Lipinski definition) is 2. The van der Waals surface area contributed by atoms with E-state index in [1.54, 1.807) is 13.0 Å². The summed E-state index contributed by atoms with van der Waals surface area (Å²) in [7, 11) is 0. The molecule has 1 amide bonds. The van der Waals surface area contributed by atoms with E-state index in [1.165, 1.54) is 6.07 Å². The average Bonchev–Trinajstić information content (AvgIpc) is 3.28. The number of carbonyl (C=O) groups excluding carboxylic acids is 1. The van der Waals surface area contributed by atoms with Crippen molar-refractivity contribution in [2.45, 2.75) is 76.0 Å². The summed E-state index contributed by atoms with van der Waals surface area (Å²) >= 11 is 0. The molecule has 6 heteroatoms. The monoisotopic (exact) mass is 434 g/mol. The number of nitrogens with one attached hydrogen (secondary N) is 2. The highest BCUT2D eigenvalue weighted by atomic mass is 19.1. The summed E-state index contributed by atoms with van der Waals surface area (Å²) in [6.07, 6.45) is 6.20. The molecule has 2 N–H and O–H groups in total. The SMILES string of the molecule is CC(=O)N[C@@H](CCC12CCC(CC(n3c(C)nc4c(F)cccc43)C1)N2)c1ccccc1. The number of nitrogens with zero attached hydrogens (tertiary/aromatic N) is 2. The van der Waals surface area contributed by atoms with E-state index < -0.39 is 0 Å². The van der Waals surface area contributed by atoms with Crippen LogP contribution in [-0.2, 0) is 4.79 Å². The van der Waals surface area contributed by atoms with Crippen molar-refractivity contribution in [2.75, 3.05) is 0 Å². The highest BCUT2D eigenvalue weighted by molar-refractivity contribution is 5.77. The maximum absolute atomic E-state index is 14.3. The lowest BCUT2D eigenvalue weighted by Gasteiger charge is -2.41. The van der Waals surface area contributed by atoms with Gasteiger partial charge >= 0.3 is 0 Å². The summed E-state index contributed by atoms with van der Waals surface area (Å²) in [5.74, 6) is 0.626. The van der Waals surface area contributed by atoms with E-state index in [0.29, 0.717) is 17.6 Å². The minimum Gasteiger partial charge on any atom is -0.350 e. The lowest BCUT2D eigenvalue weighted by atomic mass is 9.81. The van der Waals surface area contributed by atoms with Crippen LogP contribution in [0.2, 0.25) is 0 Å². The third kappa shape index (κ3) is 3.92. The summed E-state index contributed by atoms with van der Waals surface area (Å²) in [6, 6.07) is 16.2. The Morgan fingerprint density at radius 3 is 2.88 bits per heavy atom. The van der Waals surface area contributed by atoms with E-state index in [1.807, 2.05) is 31.2 Å². The highest BCUT2D eigenvalue weighted by Crippen LogP contribution is 2.45. The van der Waals surface area contributed by atoms with Gasteiger partial charge in [-0.15, -0.1) is 0 Å². The lowest BCUT2D eigenvalue weighted by Crippen LogP contribution is -2.50. The number of aryl methyl sites for hydroxylation is 1. The molecule has 32 heavy (non-hydrogen) atoms. The molecule has 0 saturated carbocycles. The third-order valence-electron chi connectivity index (χ3n) is 7.37. The first-order valence-corrected chi connectivity index (χ1v) is 11.7. The quantitative estimate of drug-likeness (QED) is 0.576. The zero-order valence-electron chi connectivity index (χ0n) is 18.8. The fourth-order valence-corrected chi connectivity index (χ4v) is 6.06. The van der Waals surface area contributed by atoms with Crippen molar-refractivity contribution >= 4 is 16.9 Å². The van der Waals surface area contributed by atoms with Gasteiger partial charge in [0, 0.05) is 24.5 Å². The van der Waals surface area contributed by atoms with Gasteiger partial charge in [-0.05, 0) is 63.1 Å². The largest absolute Gasteiger partial charge is 0.350 e. The lowest BCUT2D eigenvalue weighted by molar-refractivity contribution is -0.119. The van der Waals surface area contributed by atoms with Crippen LogP contribution in [0.25, 0.3) is 11.0 Å². The van der Waals surface area contributed by atoms with Gasteiger partial charge < -0.3 is 15.2 Å². The van der Waals surface area contributed by atoms with Crippen LogP contribution in [0, 0.1) is 12.7 Å².